The van der Waals surface area contributed by atoms with Crippen molar-refractivity contribution in [1.82, 2.24) is 10.6 Å². The monoisotopic (exact) mass is 415 g/mol. The minimum Gasteiger partial charge on any atom is -0.351 e. The zero-order valence-electron chi connectivity index (χ0n) is 16.8. The Morgan fingerprint density at radius 3 is 2.40 bits per heavy atom. The highest BCUT2D eigenvalue weighted by Gasteiger charge is 2.16. The molecule has 0 spiro atoms. The Hall–Kier alpha value is -3.59. The minimum atomic E-state index is -0.639. The molecule has 2 aromatic rings. The number of rotatable bonds is 9. The topological polar surface area (TPSA) is 106 Å². The van der Waals surface area contributed by atoms with Gasteiger partial charge in [-0.1, -0.05) is 18.2 Å². The van der Waals surface area contributed by atoms with E-state index < -0.39 is 22.6 Å². The van der Waals surface area contributed by atoms with E-state index in [0.29, 0.717) is 6.54 Å². The largest absolute Gasteiger partial charge is 0.351 e. The normalized spacial score (nSPS) is 11.3. The van der Waals surface area contributed by atoms with Gasteiger partial charge in [0, 0.05) is 36.2 Å². The smallest absolute Gasteiger partial charge is 0.269 e. The molecule has 0 saturated carbocycles. The second kappa shape index (κ2) is 10.8. The van der Waals surface area contributed by atoms with Gasteiger partial charge >= 0.3 is 0 Å². The summed E-state index contributed by atoms with van der Waals surface area (Å²) in [6.45, 7) is 1.24. The van der Waals surface area contributed by atoms with E-state index in [1.807, 2.05) is 14.1 Å². The Bertz CT molecular complexity index is 942. The van der Waals surface area contributed by atoms with E-state index in [9.17, 15) is 24.1 Å². The van der Waals surface area contributed by atoms with Gasteiger partial charge in [0.25, 0.3) is 17.5 Å². The Morgan fingerprint density at radius 1 is 1.13 bits per heavy atom. The van der Waals surface area contributed by atoms with Crippen LogP contribution in [0.15, 0.2) is 54.2 Å². The average molecular weight is 415 g/mol. The van der Waals surface area contributed by atoms with E-state index in [0.717, 1.165) is 13.0 Å². The number of benzene rings is 2. The maximum atomic E-state index is 14.0. The number of non-ortho nitro benzene ring substituents is 1. The highest BCUT2D eigenvalue weighted by molar-refractivity contribution is 6.05. The first-order valence-electron chi connectivity index (χ1n) is 9.37. The summed E-state index contributed by atoms with van der Waals surface area (Å²) in [5, 5.41) is 15.9. The van der Waals surface area contributed by atoms with Crippen molar-refractivity contribution in [2.45, 2.75) is 6.42 Å². The van der Waals surface area contributed by atoms with Gasteiger partial charge in [-0.2, -0.15) is 0 Å². The standard InChI is InChI=1S/C21H23FN4O4/c1-25(2)13-5-12-23-21(28)19(14-16-6-3-4-7-18(16)22)24-20(27)15-8-10-17(11-9-15)26(29)30/h3-4,6-11,14H,5,12-13H2,1-2H3,(H,23,28)(H,24,27)/p+1/b19-14-. The molecule has 158 valence electrons. The molecule has 0 atom stereocenters. The quantitative estimate of drug-likeness (QED) is 0.247. The van der Waals surface area contributed by atoms with Gasteiger partial charge in [0.05, 0.1) is 25.6 Å². The highest BCUT2D eigenvalue weighted by atomic mass is 19.1. The number of nitro benzene ring substituents is 1. The van der Waals surface area contributed by atoms with Crippen LogP contribution in [0.1, 0.15) is 22.3 Å². The molecule has 3 N–H and O–H groups in total. The second-order valence-corrected chi connectivity index (χ2v) is 6.90. The molecule has 0 fully saturated rings. The molecule has 0 aromatic heterocycles. The molecule has 0 heterocycles. The summed E-state index contributed by atoms with van der Waals surface area (Å²) in [6.07, 6.45) is 1.99. The Morgan fingerprint density at radius 2 is 1.80 bits per heavy atom. The van der Waals surface area contributed by atoms with Crippen LogP contribution in [-0.4, -0.2) is 43.9 Å². The van der Waals surface area contributed by atoms with Crippen molar-refractivity contribution in [2.24, 2.45) is 0 Å². The summed E-state index contributed by atoms with van der Waals surface area (Å²) in [5.41, 5.74) is -0.0106. The molecule has 0 saturated heterocycles. The molecule has 2 rings (SSSR count). The summed E-state index contributed by atoms with van der Waals surface area (Å²) in [4.78, 5) is 36.6. The SMILES string of the molecule is C[NH+](C)CCCNC(=O)/C(=C/c1ccccc1F)NC(=O)c1ccc([N+](=O)[O-])cc1. The van der Waals surface area contributed by atoms with Crippen LogP contribution in [0.25, 0.3) is 6.08 Å². The summed E-state index contributed by atoms with van der Waals surface area (Å²) in [5.74, 6) is -1.73. The van der Waals surface area contributed by atoms with Crippen LogP contribution in [-0.2, 0) is 4.79 Å². The number of carbonyl (C=O) groups excluding carboxylic acids is 2. The number of nitrogens with one attached hydrogen (secondary N) is 3. The first kappa shape index (κ1) is 22.7. The van der Waals surface area contributed by atoms with Crippen molar-refractivity contribution in [2.75, 3.05) is 27.2 Å². The van der Waals surface area contributed by atoms with Crippen molar-refractivity contribution in [1.29, 1.82) is 0 Å². The van der Waals surface area contributed by atoms with Crippen LogP contribution in [0.3, 0.4) is 0 Å². The minimum absolute atomic E-state index is 0.124. The lowest BCUT2D eigenvalue weighted by Gasteiger charge is -2.12. The van der Waals surface area contributed by atoms with Gasteiger partial charge in [-0.05, 0) is 24.3 Å². The maximum Gasteiger partial charge on any atom is 0.269 e. The number of amides is 2. The summed E-state index contributed by atoms with van der Waals surface area (Å²) < 4.78 is 14.0. The van der Waals surface area contributed by atoms with Crippen LogP contribution in [0.4, 0.5) is 10.1 Å². The maximum absolute atomic E-state index is 14.0. The van der Waals surface area contributed by atoms with E-state index in [4.69, 9.17) is 0 Å². The fourth-order valence-corrected chi connectivity index (χ4v) is 2.57. The fourth-order valence-electron chi connectivity index (χ4n) is 2.57. The number of carbonyl (C=O) groups is 2. The summed E-state index contributed by atoms with van der Waals surface area (Å²) >= 11 is 0. The van der Waals surface area contributed by atoms with Gasteiger partial charge in [0.15, 0.2) is 0 Å². The number of halogens is 1. The predicted molar refractivity (Wildman–Crippen MR) is 110 cm³/mol. The molecular weight excluding hydrogens is 391 g/mol. The van der Waals surface area contributed by atoms with E-state index in [1.165, 1.54) is 53.4 Å². The van der Waals surface area contributed by atoms with Crippen molar-refractivity contribution in [3.8, 4) is 0 Å². The van der Waals surface area contributed by atoms with Crippen LogP contribution in [0.2, 0.25) is 0 Å². The van der Waals surface area contributed by atoms with Crippen LogP contribution in [0, 0.1) is 15.9 Å². The molecular formula is C21H24FN4O4+. The van der Waals surface area contributed by atoms with Gasteiger partial charge in [-0.25, -0.2) is 4.39 Å². The van der Waals surface area contributed by atoms with Gasteiger partial charge < -0.3 is 15.5 Å². The van der Waals surface area contributed by atoms with Crippen LogP contribution >= 0.6 is 0 Å². The second-order valence-electron chi connectivity index (χ2n) is 6.90. The molecule has 0 unspecified atom stereocenters. The van der Waals surface area contributed by atoms with Gasteiger partial charge in [-0.3, -0.25) is 19.7 Å². The Balaban J connectivity index is 2.20. The van der Waals surface area contributed by atoms with Crippen molar-refractivity contribution < 1.29 is 23.8 Å². The average Bonchev–Trinajstić information content (AvgIpc) is 2.72. The molecule has 2 amide bonds. The number of hydrogen-bond acceptors (Lipinski definition) is 4. The molecule has 0 aliphatic heterocycles. The lowest BCUT2D eigenvalue weighted by molar-refractivity contribution is -0.858. The summed E-state index contributed by atoms with van der Waals surface area (Å²) in [6, 6.07) is 10.8. The number of quaternary nitrogens is 1. The molecule has 9 heteroatoms. The predicted octanol–water partition coefficient (Wildman–Crippen LogP) is 1.16. The molecule has 0 aliphatic rings. The van der Waals surface area contributed by atoms with Gasteiger partial charge in [-0.15, -0.1) is 0 Å². The third-order valence-electron chi connectivity index (χ3n) is 4.18. The first-order valence-corrected chi connectivity index (χ1v) is 9.37. The number of nitro groups is 1. The zero-order chi connectivity index (χ0) is 22.1. The molecule has 8 nitrogen and oxygen atoms in total. The van der Waals surface area contributed by atoms with E-state index in [2.05, 4.69) is 10.6 Å². The molecule has 0 bridgehead atoms. The van der Waals surface area contributed by atoms with Crippen LogP contribution < -0.4 is 15.5 Å². The van der Waals surface area contributed by atoms with Gasteiger partial charge in [0.2, 0.25) is 0 Å². The highest BCUT2D eigenvalue weighted by Crippen LogP contribution is 2.14. The van der Waals surface area contributed by atoms with E-state index in [-0.39, 0.29) is 22.5 Å². The van der Waals surface area contributed by atoms with E-state index in [1.54, 1.807) is 6.07 Å². The fraction of sp³-hybridized carbons (Fsp3) is 0.238. The molecule has 30 heavy (non-hydrogen) atoms. The van der Waals surface area contributed by atoms with Crippen molar-refractivity contribution >= 4 is 23.6 Å². The Kier molecular flexibility index (Phi) is 8.18. The summed E-state index contributed by atoms with van der Waals surface area (Å²) in [7, 11) is 3.99. The third-order valence-corrected chi connectivity index (χ3v) is 4.18. The lowest BCUT2D eigenvalue weighted by atomic mass is 10.1. The molecule has 0 radical (unpaired) electrons. The number of nitrogens with zero attached hydrogens (tertiary/aromatic N) is 1. The van der Waals surface area contributed by atoms with Crippen LogP contribution in [0.5, 0.6) is 0 Å². The van der Waals surface area contributed by atoms with Gasteiger partial charge in [0.1, 0.15) is 11.5 Å². The number of hydrogen-bond donors (Lipinski definition) is 3. The first-order chi connectivity index (χ1) is 14.3. The molecule has 2 aromatic carbocycles. The molecule has 0 aliphatic carbocycles. The zero-order valence-corrected chi connectivity index (χ0v) is 16.8. The third kappa shape index (κ3) is 6.78. The van der Waals surface area contributed by atoms with E-state index >= 15 is 0 Å². The van der Waals surface area contributed by atoms with Crippen molar-refractivity contribution in [3.63, 3.8) is 0 Å². The Labute approximate surface area is 173 Å². The van der Waals surface area contributed by atoms with Crippen molar-refractivity contribution in [3.05, 3.63) is 81.3 Å². The lowest BCUT2D eigenvalue weighted by Crippen LogP contribution is -3.05.